The lowest BCUT2D eigenvalue weighted by Gasteiger charge is -2.43. The molecule has 140 valence electrons. The van der Waals surface area contributed by atoms with Crippen molar-refractivity contribution in [3.63, 3.8) is 0 Å². The third-order valence-corrected chi connectivity index (χ3v) is 5.74. The third kappa shape index (κ3) is 3.97. The molecule has 7 heteroatoms. The minimum absolute atomic E-state index is 0.0174. The zero-order valence-electron chi connectivity index (χ0n) is 15.3. The quantitative estimate of drug-likeness (QED) is 0.661. The van der Waals surface area contributed by atoms with Gasteiger partial charge in [-0.15, -0.1) is 0 Å². The second-order valence-electron chi connectivity index (χ2n) is 8.14. The Labute approximate surface area is 149 Å². The molecule has 0 bridgehead atoms. The van der Waals surface area contributed by atoms with Crippen LogP contribution >= 0.6 is 0 Å². The smallest absolute Gasteiger partial charge is 0.243 e. The summed E-state index contributed by atoms with van der Waals surface area (Å²) >= 11 is 0. The van der Waals surface area contributed by atoms with Crippen molar-refractivity contribution in [2.45, 2.75) is 70.0 Å². The van der Waals surface area contributed by atoms with E-state index in [9.17, 15) is 14.4 Å². The van der Waals surface area contributed by atoms with Crippen molar-refractivity contribution in [1.29, 1.82) is 0 Å². The van der Waals surface area contributed by atoms with E-state index in [4.69, 9.17) is 0 Å². The first-order valence-electron chi connectivity index (χ1n) is 9.53. The fraction of sp³-hybridized carbons (Fsp3) is 0.833. The van der Waals surface area contributed by atoms with E-state index in [0.717, 1.165) is 25.7 Å². The number of carbonyl (C=O) groups is 3. The molecular formula is C18H30N4O3. The van der Waals surface area contributed by atoms with Gasteiger partial charge in [0.25, 0.3) is 0 Å². The van der Waals surface area contributed by atoms with Gasteiger partial charge >= 0.3 is 0 Å². The van der Waals surface area contributed by atoms with E-state index >= 15 is 0 Å². The van der Waals surface area contributed by atoms with E-state index in [1.54, 1.807) is 4.90 Å². The fourth-order valence-electron chi connectivity index (χ4n) is 4.07. The van der Waals surface area contributed by atoms with Crippen LogP contribution in [0.15, 0.2) is 0 Å². The van der Waals surface area contributed by atoms with Gasteiger partial charge in [-0.05, 0) is 44.4 Å². The summed E-state index contributed by atoms with van der Waals surface area (Å²) in [5, 5.41) is 9.27. The molecular weight excluding hydrogens is 320 g/mol. The highest BCUT2D eigenvalue weighted by Gasteiger charge is 2.41. The highest BCUT2D eigenvalue weighted by Crippen LogP contribution is 2.31. The molecule has 0 aromatic carbocycles. The number of fused-ring (bicyclic) bond motifs is 1. The van der Waals surface area contributed by atoms with E-state index in [1.165, 1.54) is 0 Å². The van der Waals surface area contributed by atoms with Crippen molar-refractivity contribution in [2.75, 3.05) is 19.6 Å². The first-order chi connectivity index (χ1) is 11.9. The average Bonchev–Trinajstić information content (AvgIpc) is 3.00. The summed E-state index contributed by atoms with van der Waals surface area (Å²) in [5.41, 5.74) is -0.174. The number of rotatable bonds is 2. The van der Waals surface area contributed by atoms with Gasteiger partial charge in [0.15, 0.2) is 0 Å². The molecule has 0 aromatic heterocycles. The SMILES string of the molecule is CC(C)C[C@@H]1NC(=O)[C@H]2CCCN2C(=O)CNC2(CCC2)CNC1=O. The fourth-order valence-corrected chi connectivity index (χ4v) is 4.07. The highest BCUT2D eigenvalue weighted by atomic mass is 16.2. The van der Waals surface area contributed by atoms with Gasteiger partial charge in [-0.1, -0.05) is 13.8 Å². The van der Waals surface area contributed by atoms with Gasteiger partial charge in [-0.3, -0.25) is 14.4 Å². The van der Waals surface area contributed by atoms with Crippen molar-refractivity contribution in [3.05, 3.63) is 0 Å². The lowest BCUT2D eigenvalue weighted by atomic mass is 9.76. The lowest BCUT2D eigenvalue weighted by Crippen LogP contribution is -2.63. The summed E-state index contributed by atoms with van der Waals surface area (Å²) in [6.45, 7) is 5.43. The standard InChI is InChI=1S/C18H30N4O3/c1-12(2)9-13-16(24)19-11-18(6-4-7-18)20-10-15(23)22-8-3-5-14(22)17(25)21-13/h12-14,20H,3-11H2,1-2H3,(H,19,24)(H,21,25)/t13-,14+/m0/s1. The molecule has 3 rings (SSSR count). The van der Waals surface area contributed by atoms with Crippen LogP contribution in [0, 0.1) is 5.92 Å². The first kappa shape index (κ1) is 18.2. The van der Waals surface area contributed by atoms with Gasteiger partial charge in [-0.25, -0.2) is 0 Å². The Hall–Kier alpha value is -1.63. The Morgan fingerprint density at radius 2 is 1.92 bits per heavy atom. The Morgan fingerprint density at radius 1 is 1.16 bits per heavy atom. The normalized spacial score (nSPS) is 30.2. The van der Waals surface area contributed by atoms with E-state index in [1.807, 2.05) is 13.8 Å². The second kappa shape index (κ2) is 7.32. The maximum Gasteiger partial charge on any atom is 0.243 e. The van der Waals surface area contributed by atoms with E-state index < -0.39 is 12.1 Å². The molecule has 7 nitrogen and oxygen atoms in total. The molecule has 2 aliphatic heterocycles. The summed E-state index contributed by atoms with van der Waals surface area (Å²) in [6, 6.07) is -0.991. The van der Waals surface area contributed by atoms with Gasteiger partial charge in [-0.2, -0.15) is 0 Å². The van der Waals surface area contributed by atoms with Gasteiger partial charge in [0, 0.05) is 18.6 Å². The van der Waals surface area contributed by atoms with Crippen LogP contribution in [0.2, 0.25) is 0 Å². The predicted molar refractivity (Wildman–Crippen MR) is 93.7 cm³/mol. The van der Waals surface area contributed by atoms with Gasteiger partial charge in [0.05, 0.1) is 6.54 Å². The Morgan fingerprint density at radius 3 is 2.56 bits per heavy atom. The summed E-state index contributed by atoms with van der Waals surface area (Å²) in [6.07, 6.45) is 5.12. The molecule has 3 fully saturated rings. The molecule has 0 aromatic rings. The number of carbonyl (C=O) groups excluding carboxylic acids is 3. The molecule has 3 aliphatic rings. The Kier molecular flexibility index (Phi) is 5.32. The van der Waals surface area contributed by atoms with Crippen LogP contribution in [0.3, 0.4) is 0 Å². The molecule has 1 aliphatic carbocycles. The van der Waals surface area contributed by atoms with Crippen molar-refractivity contribution in [2.24, 2.45) is 5.92 Å². The molecule has 0 unspecified atom stereocenters. The number of hydrogen-bond acceptors (Lipinski definition) is 4. The monoisotopic (exact) mass is 350 g/mol. The predicted octanol–water partition coefficient (Wildman–Crippen LogP) is 0.150. The van der Waals surface area contributed by atoms with Crippen LogP contribution < -0.4 is 16.0 Å². The number of amides is 3. The Balaban J connectivity index is 1.80. The van der Waals surface area contributed by atoms with Gasteiger partial charge in [0.1, 0.15) is 12.1 Å². The van der Waals surface area contributed by atoms with Crippen LogP contribution in [0.5, 0.6) is 0 Å². The van der Waals surface area contributed by atoms with Crippen molar-refractivity contribution in [1.82, 2.24) is 20.9 Å². The maximum absolute atomic E-state index is 12.7. The molecule has 25 heavy (non-hydrogen) atoms. The van der Waals surface area contributed by atoms with Crippen LogP contribution in [0.25, 0.3) is 0 Å². The summed E-state index contributed by atoms with van der Waals surface area (Å²) in [7, 11) is 0. The molecule has 1 spiro atoms. The second-order valence-corrected chi connectivity index (χ2v) is 8.14. The zero-order chi connectivity index (χ0) is 18.0. The summed E-state index contributed by atoms with van der Waals surface area (Å²) in [4.78, 5) is 39.6. The molecule has 2 atom stereocenters. The van der Waals surface area contributed by atoms with Crippen molar-refractivity contribution < 1.29 is 14.4 Å². The number of hydrogen-bond donors (Lipinski definition) is 3. The minimum Gasteiger partial charge on any atom is -0.352 e. The molecule has 2 heterocycles. The maximum atomic E-state index is 12.7. The van der Waals surface area contributed by atoms with E-state index in [-0.39, 0.29) is 29.8 Å². The topological polar surface area (TPSA) is 90.5 Å². The summed E-state index contributed by atoms with van der Waals surface area (Å²) in [5.74, 6) is -0.0468. The van der Waals surface area contributed by atoms with Gasteiger partial charge in [0.2, 0.25) is 17.7 Å². The third-order valence-electron chi connectivity index (χ3n) is 5.74. The van der Waals surface area contributed by atoms with E-state index in [0.29, 0.717) is 31.8 Å². The van der Waals surface area contributed by atoms with Crippen LogP contribution in [-0.4, -0.2) is 59.9 Å². The van der Waals surface area contributed by atoms with E-state index in [2.05, 4.69) is 16.0 Å². The average molecular weight is 350 g/mol. The minimum atomic E-state index is -0.540. The zero-order valence-corrected chi connectivity index (χ0v) is 15.3. The van der Waals surface area contributed by atoms with Crippen LogP contribution in [-0.2, 0) is 14.4 Å². The molecule has 0 radical (unpaired) electrons. The number of nitrogens with one attached hydrogen (secondary N) is 3. The van der Waals surface area contributed by atoms with Gasteiger partial charge < -0.3 is 20.9 Å². The largest absolute Gasteiger partial charge is 0.352 e. The highest BCUT2D eigenvalue weighted by molar-refractivity contribution is 5.93. The Bertz CT molecular complexity index is 544. The van der Waals surface area contributed by atoms with Crippen LogP contribution in [0.4, 0.5) is 0 Å². The first-order valence-corrected chi connectivity index (χ1v) is 9.53. The van der Waals surface area contributed by atoms with Crippen LogP contribution in [0.1, 0.15) is 52.4 Å². The molecule has 2 saturated heterocycles. The molecule has 3 N–H and O–H groups in total. The van der Waals surface area contributed by atoms with Crippen molar-refractivity contribution >= 4 is 17.7 Å². The van der Waals surface area contributed by atoms with Crippen molar-refractivity contribution in [3.8, 4) is 0 Å². The molecule has 1 saturated carbocycles. The lowest BCUT2D eigenvalue weighted by molar-refractivity contribution is -0.140. The molecule has 3 amide bonds. The summed E-state index contributed by atoms with van der Waals surface area (Å²) < 4.78 is 0. The number of nitrogens with zero attached hydrogens (tertiary/aromatic N) is 1.